The molecule has 0 aliphatic carbocycles. The highest BCUT2D eigenvalue weighted by Crippen LogP contribution is 2.28. The van der Waals surface area contributed by atoms with Crippen LogP contribution in [-0.4, -0.2) is 12.0 Å². The minimum absolute atomic E-state index is 0.0683. The van der Waals surface area contributed by atoms with Crippen molar-refractivity contribution < 1.29 is 4.39 Å². The number of rotatable bonds is 4. The average Bonchev–Trinajstić information content (AvgIpc) is 2.45. The van der Waals surface area contributed by atoms with Crippen LogP contribution in [0.3, 0.4) is 0 Å². The molecular weight excluding hydrogens is 283 g/mol. The number of anilines is 1. The Balaban J connectivity index is 2.32. The summed E-state index contributed by atoms with van der Waals surface area (Å²) in [4.78, 5) is 2.43. The first kappa shape index (κ1) is 15.4. The van der Waals surface area contributed by atoms with E-state index in [1.165, 1.54) is 6.07 Å². The zero-order chi connectivity index (χ0) is 15.6. The van der Waals surface area contributed by atoms with Gasteiger partial charge in [0, 0.05) is 23.9 Å². The third-order valence-corrected chi connectivity index (χ3v) is 4.04. The summed E-state index contributed by atoms with van der Waals surface area (Å²) in [6.45, 7) is 3.95. The van der Waals surface area contributed by atoms with E-state index in [0.717, 1.165) is 16.8 Å². The van der Waals surface area contributed by atoms with Gasteiger partial charge >= 0.3 is 0 Å². The summed E-state index contributed by atoms with van der Waals surface area (Å²) in [7, 11) is 1.95. The van der Waals surface area contributed by atoms with Gasteiger partial charge in [-0.15, -0.1) is 0 Å². The standard InChI is InChI=1S/C17H19FN2S/c1-11-10-13(8-9-14(11)17(19)21)20(3)12(2)15-6-4-5-7-16(15)18/h4-10,12H,1-3H3,(H2,19,21). The van der Waals surface area contributed by atoms with Crippen LogP contribution in [0, 0.1) is 12.7 Å². The van der Waals surface area contributed by atoms with Crippen molar-refractivity contribution >= 4 is 22.9 Å². The van der Waals surface area contributed by atoms with Crippen molar-refractivity contribution in [2.24, 2.45) is 5.73 Å². The fourth-order valence-corrected chi connectivity index (χ4v) is 2.62. The van der Waals surface area contributed by atoms with Gasteiger partial charge in [-0.3, -0.25) is 0 Å². The van der Waals surface area contributed by atoms with Gasteiger partial charge in [0.15, 0.2) is 0 Å². The van der Waals surface area contributed by atoms with E-state index in [2.05, 4.69) is 0 Å². The van der Waals surface area contributed by atoms with E-state index in [4.69, 9.17) is 18.0 Å². The van der Waals surface area contributed by atoms with Crippen LogP contribution in [-0.2, 0) is 0 Å². The van der Waals surface area contributed by atoms with Crippen molar-refractivity contribution in [1.82, 2.24) is 0 Å². The van der Waals surface area contributed by atoms with Crippen molar-refractivity contribution in [2.45, 2.75) is 19.9 Å². The summed E-state index contributed by atoms with van der Waals surface area (Å²) in [5.74, 6) is -0.187. The highest BCUT2D eigenvalue weighted by Gasteiger charge is 2.16. The third-order valence-electron chi connectivity index (χ3n) is 3.82. The molecule has 0 saturated heterocycles. The molecule has 0 aliphatic rings. The molecule has 0 aliphatic heterocycles. The molecule has 0 spiro atoms. The Morgan fingerprint density at radius 2 is 1.90 bits per heavy atom. The summed E-state index contributed by atoms with van der Waals surface area (Å²) < 4.78 is 13.9. The van der Waals surface area contributed by atoms with E-state index in [-0.39, 0.29) is 11.9 Å². The fourth-order valence-electron chi connectivity index (χ4n) is 2.39. The molecule has 0 saturated carbocycles. The summed E-state index contributed by atoms with van der Waals surface area (Å²) in [6, 6.07) is 12.7. The molecule has 0 bridgehead atoms. The monoisotopic (exact) mass is 302 g/mol. The quantitative estimate of drug-likeness (QED) is 0.867. The van der Waals surface area contributed by atoms with Crippen LogP contribution in [0.25, 0.3) is 0 Å². The largest absolute Gasteiger partial charge is 0.389 e. The van der Waals surface area contributed by atoms with Crippen LogP contribution in [0.4, 0.5) is 10.1 Å². The van der Waals surface area contributed by atoms with Crippen LogP contribution < -0.4 is 10.6 Å². The maximum Gasteiger partial charge on any atom is 0.128 e. The smallest absolute Gasteiger partial charge is 0.128 e. The molecule has 0 fully saturated rings. The number of hydrogen-bond acceptors (Lipinski definition) is 2. The molecule has 0 heterocycles. The van der Waals surface area contributed by atoms with Crippen LogP contribution in [0.15, 0.2) is 42.5 Å². The molecule has 0 aromatic heterocycles. The summed E-state index contributed by atoms with van der Waals surface area (Å²) in [6.07, 6.45) is 0. The second-order valence-corrected chi connectivity index (χ2v) is 5.61. The van der Waals surface area contributed by atoms with E-state index < -0.39 is 0 Å². The minimum atomic E-state index is -0.187. The summed E-state index contributed by atoms with van der Waals surface area (Å²) in [5, 5.41) is 0. The number of nitrogens with zero attached hydrogens (tertiary/aromatic N) is 1. The predicted octanol–water partition coefficient (Wildman–Crippen LogP) is 3.97. The zero-order valence-electron chi connectivity index (χ0n) is 12.4. The van der Waals surface area contributed by atoms with E-state index in [9.17, 15) is 4.39 Å². The molecule has 110 valence electrons. The van der Waals surface area contributed by atoms with E-state index in [1.807, 2.05) is 56.1 Å². The first-order valence-corrected chi connectivity index (χ1v) is 7.20. The van der Waals surface area contributed by atoms with E-state index in [0.29, 0.717) is 10.6 Å². The maximum atomic E-state index is 13.9. The van der Waals surface area contributed by atoms with Gasteiger partial charge in [0.2, 0.25) is 0 Å². The summed E-state index contributed by atoms with van der Waals surface area (Å²) >= 11 is 5.02. The molecule has 4 heteroatoms. The molecule has 1 unspecified atom stereocenters. The Morgan fingerprint density at radius 1 is 1.24 bits per heavy atom. The molecule has 2 nitrogen and oxygen atoms in total. The highest BCUT2D eigenvalue weighted by molar-refractivity contribution is 7.80. The molecule has 2 rings (SSSR count). The van der Waals surface area contributed by atoms with Crippen molar-refractivity contribution in [3.05, 3.63) is 65.0 Å². The number of aryl methyl sites for hydroxylation is 1. The lowest BCUT2D eigenvalue weighted by atomic mass is 10.0. The Hall–Kier alpha value is -1.94. The van der Waals surface area contributed by atoms with Gasteiger partial charge in [-0.2, -0.15) is 0 Å². The highest BCUT2D eigenvalue weighted by atomic mass is 32.1. The molecule has 21 heavy (non-hydrogen) atoms. The zero-order valence-corrected chi connectivity index (χ0v) is 13.2. The van der Waals surface area contributed by atoms with Crippen LogP contribution in [0.1, 0.15) is 29.7 Å². The molecular formula is C17H19FN2S. The summed E-state index contributed by atoms with van der Waals surface area (Å²) in [5.41, 5.74) is 9.26. The fraction of sp³-hybridized carbons (Fsp3) is 0.235. The second kappa shape index (κ2) is 6.22. The maximum absolute atomic E-state index is 13.9. The van der Waals surface area contributed by atoms with Crippen molar-refractivity contribution in [2.75, 3.05) is 11.9 Å². The normalized spacial score (nSPS) is 12.0. The lowest BCUT2D eigenvalue weighted by molar-refractivity contribution is 0.585. The molecule has 2 N–H and O–H groups in total. The van der Waals surface area contributed by atoms with Crippen LogP contribution in [0.5, 0.6) is 0 Å². The van der Waals surface area contributed by atoms with Crippen LogP contribution in [0.2, 0.25) is 0 Å². The number of thiocarbonyl (C=S) groups is 1. The number of hydrogen-bond donors (Lipinski definition) is 1. The van der Waals surface area contributed by atoms with E-state index in [1.54, 1.807) is 6.07 Å². The number of nitrogens with two attached hydrogens (primary N) is 1. The average molecular weight is 302 g/mol. The van der Waals surface area contributed by atoms with Gasteiger partial charge in [-0.05, 0) is 43.7 Å². The first-order valence-electron chi connectivity index (χ1n) is 6.79. The van der Waals surface area contributed by atoms with Crippen LogP contribution >= 0.6 is 12.2 Å². The van der Waals surface area contributed by atoms with Crippen molar-refractivity contribution in [1.29, 1.82) is 0 Å². The van der Waals surface area contributed by atoms with Gasteiger partial charge < -0.3 is 10.6 Å². The predicted molar refractivity (Wildman–Crippen MR) is 90.3 cm³/mol. The Morgan fingerprint density at radius 3 is 2.48 bits per heavy atom. The molecule has 0 radical (unpaired) electrons. The number of halogens is 1. The molecule has 0 amide bonds. The molecule has 2 aromatic carbocycles. The lowest BCUT2D eigenvalue weighted by Gasteiger charge is -2.28. The van der Waals surface area contributed by atoms with Gasteiger partial charge in [0.1, 0.15) is 10.8 Å². The van der Waals surface area contributed by atoms with Gasteiger partial charge in [0.05, 0.1) is 6.04 Å². The van der Waals surface area contributed by atoms with E-state index >= 15 is 0 Å². The Bertz CT molecular complexity index is 670. The van der Waals surface area contributed by atoms with Gasteiger partial charge in [-0.1, -0.05) is 30.4 Å². The minimum Gasteiger partial charge on any atom is -0.389 e. The topological polar surface area (TPSA) is 29.3 Å². The van der Waals surface area contributed by atoms with Crippen molar-refractivity contribution in [3.8, 4) is 0 Å². The second-order valence-electron chi connectivity index (χ2n) is 5.17. The van der Waals surface area contributed by atoms with Gasteiger partial charge in [-0.25, -0.2) is 4.39 Å². The first-order chi connectivity index (χ1) is 9.91. The Labute approximate surface area is 130 Å². The molecule has 2 aromatic rings. The third kappa shape index (κ3) is 3.22. The SMILES string of the molecule is Cc1cc(N(C)C(C)c2ccccc2F)ccc1C(N)=S. The molecule has 1 atom stereocenters. The van der Waals surface area contributed by atoms with Crippen molar-refractivity contribution in [3.63, 3.8) is 0 Å². The number of benzene rings is 2. The van der Waals surface area contributed by atoms with Gasteiger partial charge in [0.25, 0.3) is 0 Å². The lowest BCUT2D eigenvalue weighted by Crippen LogP contribution is -2.23. The Kier molecular flexibility index (Phi) is 4.58.